The molecule has 0 aromatic heterocycles. The predicted molar refractivity (Wildman–Crippen MR) is 115 cm³/mol. The molecule has 0 spiro atoms. The van der Waals surface area contributed by atoms with Gasteiger partial charge in [0.15, 0.2) is 0 Å². The second kappa shape index (κ2) is 8.67. The summed E-state index contributed by atoms with van der Waals surface area (Å²) in [5, 5.41) is 8.35. The van der Waals surface area contributed by atoms with Crippen LogP contribution in [-0.2, 0) is 6.42 Å². The number of aryl methyl sites for hydroxylation is 1. The average Bonchev–Trinajstić information content (AvgIpc) is 3.01. The van der Waals surface area contributed by atoms with E-state index in [9.17, 15) is 0 Å². The number of hydrogen-bond acceptors (Lipinski definition) is 2. The molecule has 0 radical (unpaired) electrons. The Balaban J connectivity index is 0.000000225. The lowest BCUT2D eigenvalue weighted by molar-refractivity contribution is 0.573. The van der Waals surface area contributed by atoms with Crippen LogP contribution in [0.1, 0.15) is 30.0 Å². The van der Waals surface area contributed by atoms with Crippen LogP contribution in [0, 0.1) is 0 Å². The van der Waals surface area contributed by atoms with E-state index in [1.165, 1.54) is 45.5 Å². The predicted octanol–water partition coefficient (Wildman–Crippen LogP) is 4.68. The Bertz CT molecular complexity index is 1000. The molecule has 1 heterocycles. The van der Waals surface area contributed by atoms with Crippen molar-refractivity contribution in [2.24, 2.45) is 5.73 Å². The van der Waals surface area contributed by atoms with Crippen molar-refractivity contribution in [1.29, 1.82) is 0 Å². The van der Waals surface area contributed by atoms with Crippen molar-refractivity contribution in [3.05, 3.63) is 96.4 Å². The Morgan fingerprint density at radius 1 is 0.778 bits per heavy atom. The molecule has 0 saturated heterocycles. The molecule has 3 heteroatoms. The zero-order valence-electron chi connectivity index (χ0n) is 15.4. The number of fused-ring (bicyclic) bond motifs is 5. The number of nitrogens with two attached hydrogens (primary N) is 1. The molecule has 3 nitrogen and oxygen atoms in total. The summed E-state index contributed by atoms with van der Waals surface area (Å²) in [6.07, 6.45) is 15.1. The van der Waals surface area contributed by atoms with E-state index < -0.39 is 0 Å². The van der Waals surface area contributed by atoms with Crippen molar-refractivity contribution < 1.29 is 5.48 Å². The summed E-state index contributed by atoms with van der Waals surface area (Å²) in [6, 6.07) is 17.8. The van der Waals surface area contributed by atoms with Gasteiger partial charge in [-0.25, -0.2) is 0 Å². The monoisotopic (exact) mass is 358 g/mol. The number of hydrogen-bond donors (Lipinski definition) is 2. The third kappa shape index (κ3) is 3.95. The molecule has 27 heavy (non-hydrogen) atoms. The number of rotatable bonds is 0. The molecule has 1 aliphatic carbocycles. The summed E-state index contributed by atoms with van der Waals surface area (Å²) in [5.41, 5.74) is 9.08. The molecule has 1 unspecified atom stereocenters. The topological polar surface area (TPSA) is 69.5 Å². The zero-order valence-corrected chi connectivity index (χ0v) is 15.4. The standard InChI is InChI=1S/C18H17N.C6H7N.H2O/c19-18-7-3-6-14-16-9-8-12-4-1-2-5-13(12)15(16)10-11-17(14)18;1-2-4-6-7-5-3-1;/h1-2,4-5,8-11,18H,3,6-7,19H2;1-7H;1H2. The van der Waals surface area contributed by atoms with Gasteiger partial charge in [0.05, 0.1) is 0 Å². The highest BCUT2D eigenvalue weighted by molar-refractivity contribution is 6.08. The molecule has 0 amide bonds. The van der Waals surface area contributed by atoms with Crippen LogP contribution in [0.5, 0.6) is 0 Å². The van der Waals surface area contributed by atoms with Gasteiger partial charge in [-0.05, 0) is 64.1 Å². The van der Waals surface area contributed by atoms with Gasteiger partial charge in [0.2, 0.25) is 0 Å². The minimum Gasteiger partial charge on any atom is -0.412 e. The molecular formula is C24H26N2O. The molecule has 1 atom stereocenters. The fraction of sp³-hybridized carbons (Fsp3) is 0.167. The molecule has 5 N–H and O–H groups in total. The summed E-state index contributed by atoms with van der Waals surface area (Å²) in [5.74, 6) is 0. The van der Waals surface area contributed by atoms with Gasteiger partial charge >= 0.3 is 0 Å². The first-order valence-electron chi connectivity index (χ1n) is 9.28. The van der Waals surface area contributed by atoms with Crippen LogP contribution < -0.4 is 11.1 Å². The van der Waals surface area contributed by atoms with Gasteiger partial charge < -0.3 is 16.5 Å². The minimum absolute atomic E-state index is 0. The smallest absolute Gasteiger partial charge is 0.0297 e. The van der Waals surface area contributed by atoms with Gasteiger partial charge in [0.25, 0.3) is 0 Å². The molecule has 5 rings (SSSR count). The van der Waals surface area contributed by atoms with E-state index in [0.717, 1.165) is 6.42 Å². The van der Waals surface area contributed by atoms with Crippen LogP contribution in [0.3, 0.4) is 0 Å². The third-order valence-corrected chi connectivity index (χ3v) is 5.13. The first-order valence-corrected chi connectivity index (χ1v) is 9.28. The number of benzene rings is 3. The van der Waals surface area contributed by atoms with Gasteiger partial charge in [0.1, 0.15) is 0 Å². The highest BCUT2D eigenvalue weighted by Gasteiger charge is 2.18. The second-order valence-corrected chi connectivity index (χ2v) is 6.78. The van der Waals surface area contributed by atoms with Crippen molar-refractivity contribution in [3.8, 4) is 0 Å². The minimum atomic E-state index is 0. The molecule has 0 saturated carbocycles. The van der Waals surface area contributed by atoms with Crippen LogP contribution in [-0.4, -0.2) is 5.48 Å². The normalized spacial score (nSPS) is 17.3. The molecule has 2 aliphatic rings. The first kappa shape index (κ1) is 18.9. The zero-order chi connectivity index (χ0) is 17.8. The van der Waals surface area contributed by atoms with Crippen molar-refractivity contribution in [2.45, 2.75) is 25.3 Å². The molecular weight excluding hydrogens is 332 g/mol. The highest BCUT2D eigenvalue weighted by atomic mass is 16.0. The van der Waals surface area contributed by atoms with E-state index in [2.05, 4.69) is 53.8 Å². The van der Waals surface area contributed by atoms with Crippen molar-refractivity contribution in [1.82, 2.24) is 5.32 Å². The van der Waals surface area contributed by atoms with E-state index in [4.69, 9.17) is 5.73 Å². The number of nitrogens with one attached hydrogen (secondary N) is 1. The fourth-order valence-corrected chi connectivity index (χ4v) is 3.85. The lowest BCUT2D eigenvalue weighted by atomic mass is 9.84. The SMILES string of the molecule is C1=CC=CNC=C1.NC1CCCc2c1ccc1c2ccc2ccccc21.O. The highest BCUT2D eigenvalue weighted by Crippen LogP contribution is 2.36. The molecule has 0 fully saturated rings. The Labute approximate surface area is 160 Å². The summed E-state index contributed by atoms with van der Waals surface area (Å²) in [4.78, 5) is 0. The maximum atomic E-state index is 6.25. The Kier molecular flexibility index (Phi) is 6.07. The van der Waals surface area contributed by atoms with E-state index in [-0.39, 0.29) is 11.5 Å². The van der Waals surface area contributed by atoms with Crippen LogP contribution >= 0.6 is 0 Å². The van der Waals surface area contributed by atoms with Crippen LogP contribution in [0.25, 0.3) is 21.5 Å². The summed E-state index contributed by atoms with van der Waals surface area (Å²) in [6.45, 7) is 0. The largest absolute Gasteiger partial charge is 0.412 e. The molecule has 1 aliphatic heterocycles. The van der Waals surface area contributed by atoms with E-state index in [1.54, 1.807) is 0 Å². The maximum Gasteiger partial charge on any atom is 0.0297 e. The average molecular weight is 358 g/mol. The molecule has 3 aromatic rings. The van der Waals surface area contributed by atoms with Crippen LogP contribution in [0.4, 0.5) is 0 Å². The maximum absolute atomic E-state index is 6.25. The molecule has 138 valence electrons. The quantitative estimate of drug-likeness (QED) is 0.573. The third-order valence-electron chi connectivity index (χ3n) is 5.13. The lowest BCUT2D eigenvalue weighted by Crippen LogP contribution is -2.17. The summed E-state index contributed by atoms with van der Waals surface area (Å²) < 4.78 is 0. The van der Waals surface area contributed by atoms with E-state index in [0.29, 0.717) is 0 Å². The Hall–Kier alpha value is -2.88. The van der Waals surface area contributed by atoms with Gasteiger partial charge in [-0.2, -0.15) is 0 Å². The fourth-order valence-electron chi connectivity index (χ4n) is 3.85. The first-order chi connectivity index (χ1) is 12.8. The van der Waals surface area contributed by atoms with E-state index >= 15 is 0 Å². The summed E-state index contributed by atoms with van der Waals surface area (Å²) >= 11 is 0. The number of allylic oxidation sites excluding steroid dienone is 4. The van der Waals surface area contributed by atoms with Gasteiger partial charge in [-0.1, -0.05) is 60.7 Å². The Morgan fingerprint density at radius 2 is 1.52 bits per heavy atom. The summed E-state index contributed by atoms with van der Waals surface area (Å²) in [7, 11) is 0. The van der Waals surface area contributed by atoms with Crippen molar-refractivity contribution in [3.63, 3.8) is 0 Å². The van der Waals surface area contributed by atoms with Crippen LogP contribution in [0.2, 0.25) is 0 Å². The van der Waals surface area contributed by atoms with Crippen molar-refractivity contribution >= 4 is 21.5 Å². The Morgan fingerprint density at radius 3 is 2.33 bits per heavy atom. The molecule has 3 aromatic carbocycles. The second-order valence-electron chi connectivity index (χ2n) is 6.78. The molecule has 0 bridgehead atoms. The van der Waals surface area contributed by atoms with Gasteiger partial charge in [-0.15, -0.1) is 0 Å². The lowest BCUT2D eigenvalue weighted by Gasteiger charge is -2.24. The van der Waals surface area contributed by atoms with Crippen LogP contribution in [0.15, 0.2) is 85.2 Å². The van der Waals surface area contributed by atoms with Gasteiger partial charge in [-0.3, -0.25) is 0 Å². The van der Waals surface area contributed by atoms with Gasteiger partial charge in [0, 0.05) is 18.4 Å². The van der Waals surface area contributed by atoms with E-state index in [1.807, 2.05) is 36.7 Å². The van der Waals surface area contributed by atoms with Crippen molar-refractivity contribution in [2.75, 3.05) is 0 Å².